The van der Waals surface area contributed by atoms with Crippen LogP contribution in [-0.4, -0.2) is 16.8 Å². The van der Waals surface area contributed by atoms with E-state index >= 15 is 0 Å². The first kappa shape index (κ1) is 14.9. The second kappa shape index (κ2) is 5.88. The van der Waals surface area contributed by atoms with Gasteiger partial charge in [0.15, 0.2) is 0 Å². The lowest BCUT2D eigenvalue weighted by Crippen LogP contribution is -2.17. The monoisotopic (exact) mass is 307 g/mol. The number of aromatic nitrogens is 1. The number of rotatable bonds is 3. The summed E-state index contributed by atoms with van der Waals surface area (Å²) >= 11 is 5.70. The van der Waals surface area contributed by atoms with Crippen LogP contribution in [0.15, 0.2) is 30.3 Å². The van der Waals surface area contributed by atoms with Crippen LogP contribution in [0.4, 0.5) is 10.1 Å². The van der Waals surface area contributed by atoms with E-state index in [1.54, 1.807) is 6.07 Å². The van der Waals surface area contributed by atoms with Crippen molar-refractivity contribution in [3.8, 4) is 0 Å². The molecule has 1 aromatic heterocycles. The Morgan fingerprint density at radius 2 is 2.05 bits per heavy atom. The zero-order chi connectivity index (χ0) is 15.6. The normalized spacial score (nSPS) is 10.2. The third-order valence-electron chi connectivity index (χ3n) is 2.82. The highest BCUT2D eigenvalue weighted by Gasteiger charge is 2.14. The molecule has 0 atom stereocenters. The molecule has 0 fully saturated rings. The highest BCUT2D eigenvalue weighted by molar-refractivity contribution is 6.29. The van der Waals surface area contributed by atoms with E-state index in [2.05, 4.69) is 10.3 Å². The van der Waals surface area contributed by atoms with Gasteiger partial charge in [0.2, 0.25) is 5.91 Å². The maximum Gasteiger partial charge on any atom is 0.274 e. The Morgan fingerprint density at radius 3 is 2.67 bits per heavy atom. The van der Waals surface area contributed by atoms with Crippen LogP contribution >= 0.6 is 11.6 Å². The molecule has 2 amide bonds. The van der Waals surface area contributed by atoms with E-state index in [1.807, 2.05) is 0 Å². The molecule has 7 heteroatoms. The highest BCUT2D eigenvalue weighted by atomic mass is 35.5. The predicted molar refractivity (Wildman–Crippen MR) is 76.9 cm³/mol. The highest BCUT2D eigenvalue weighted by Crippen LogP contribution is 2.21. The first-order chi connectivity index (χ1) is 9.88. The van der Waals surface area contributed by atoms with Gasteiger partial charge < -0.3 is 11.1 Å². The minimum absolute atomic E-state index is 0.0348. The van der Waals surface area contributed by atoms with E-state index in [1.165, 1.54) is 25.1 Å². The lowest BCUT2D eigenvalue weighted by atomic mass is 10.1. The summed E-state index contributed by atoms with van der Waals surface area (Å²) in [5.74, 6) is -1.99. The molecular weight excluding hydrogens is 297 g/mol. The summed E-state index contributed by atoms with van der Waals surface area (Å²) in [6.45, 7) is 1.47. The second-order valence-corrected chi connectivity index (χ2v) is 4.68. The summed E-state index contributed by atoms with van der Waals surface area (Å²) in [5.41, 5.74) is 5.50. The van der Waals surface area contributed by atoms with E-state index in [-0.39, 0.29) is 27.7 Å². The summed E-state index contributed by atoms with van der Waals surface area (Å²) in [6.07, 6.45) is 0. The molecule has 0 saturated heterocycles. The van der Waals surface area contributed by atoms with Crippen LogP contribution in [-0.2, 0) is 0 Å². The number of nitrogens with zero attached hydrogens (tertiary/aromatic N) is 1. The van der Waals surface area contributed by atoms with Crippen molar-refractivity contribution in [2.45, 2.75) is 6.92 Å². The standard InChI is InChI=1S/C14H11ClFN3O2/c1-7-9(16)5-8(13(17)20)6-11(7)19-14(21)10-3-2-4-12(15)18-10/h2-6H,1H3,(H2,17,20)(H,19,21). The Labute approximate surface area is 124 Å². The molecule has 0 saturated carbocycles. The molecule has 0 aliphatic rings. The molecule has 0 aliphatic carbocycles. The zero-order valence-electron chi connectivity index (χ0n) is 11.0. The summed E-state index contributed by atoms with van der Waals surface area (Å²) in [4.78, 5) is 27.0. The van der Waals surface area contributed by atoms with Gasteiger partial charge in [-0.2, -0.15) is 0 Å². The second-order valence-electron chi connectivity index (χ2n) is 4.29. The maximum atomic E-state index is 13.7. The fourth-order valence-electron chi connectivity index (χ4n) is 1.67. The minimum atomic E-state index is -0.787. The van der Waals surface area contributed by atoms with Gasteiger partial charge in [-0.05, 0) is 31.2 Å². The topological polar surface area (TPSA) is 85.1 Å². The van der Waals surface area contributed by atoms with Gasteiger partial charge >= 0.3 is 0 Å². The molecule has 0 radical (unpaired) electrons. The summed E-state index contributed by atoms with van der Waals surface area (Å²) in [6, 6.07) is 6.88. The molecule has 0 bridgehead atoms. The van der Waals surface area contributed by atoms with Gasteiger partial charge in [0.05, 0.1) is 0 Å². The largest absolute Gasteiger partial charge is 0.366 e. The van der Waals surface area contributed by atoms with Crippen LogP contribution in [0.3, 0.4) is 0 Å². The fraction of sp³-hybridized carbons (Fsp3) is 0.0714. The number of benzene rings is 1. The van der Waals surface area contributed by atoms with Crippen molar-refractivity contribution in [1.29, 1.82) is 0 Å². The molecule has 1 aromatic carbocycles. The Balaban J connectivity index is 2.35. The molecule has 5 nitrogen and oxygen atoms in total. The van der Waals surface area contributed by atoms with Crippen LogP contribution < -0.4 is 11.1 Å². The number of primary amides is 1. The van der Waals surface area contributed by atoms with E-state index in [4.69, 9.17) is 17.3 Å². The van der Waals surface area contributed by atoms with Gasteiger partial charge in [-0.15, -0.1) is 0 Å². The minimum Gasteiger partial charge on any atom is -0.366 e. The number of carbonyl (C=O) groups excluding carboxylic acids is 2. The number of hydrogen-bond donors (Lipinski definition) is 2. The smallest absolute Gasteiger partial charge is 0.274 e. The quantitative estimate of drug-likeness (QED) is 0.854. The number of pyridine rings is 1. The van der Waals surface area contributed by atoms with Crippen LogP contribution in [0, 0.1) is 12.7 Å². The van der Waals surface area contributed by atoms with Crippen molar-refractivity contribution >= 4 is 29.1 Å². The number of hydrogen-bond acceptors (Lipinski definition) is 3. The maximum absolute atomic E-state index is 13.7. The number of halogens is 2. The van der Waals surface area contributed by atoms with Crippen molar-refractivity contribution in [3.05, 3.63) is 58.1 Å². The first-order valence-electron chi connectivity index (χ1n) is 5.92. The average molecular weight is 308 g/mol. The molecule has 0 aliphatic heterocycles. The van der Waals surface area contributed by atoms with Crippen molar-refractivity contribution in [2.75, 3.05) is 5.32 Å². The molecule has 0 spiro atoms. The van der Waals surface area contributed by atoms with E-state index in [0.717, 1.165) is 6.07 Å². The molecule has 0 unspecified atom stereocenters. The number of nitrogens with one attached hydrogen (secondary N) is 1. The van der Waals surface area contributed by atoms with Crippen LogP contribution in [0.1, 0.15) is 26.4 Å². The van der Waals surface area contributed by atoms with Crippen molar-refractivity contribution in [3.63, 3.8) is 0 Å². The van der Waals surface area contributed by atoms with Crippen molar-refractivity contribution in [1.82, 2.24) is 4.98 Å². The van der Waals surface area contributed by atoms with Gasteiger partial charge in [0.1, 0.15) is 16.7 Å². The number of nitrogens with two attached hydrogens (primary N) is 1. The third kappa shape index (κ3) is 3.35. The predicted octanol–water partition coefficient (Wildman–Crippen LogP) is 2.53. The van der Waals surface area contributed by atoms with Crippen LogP contribution in [0.25, 0.3) is 0 Å². The number of anilines is 1. The van der Waals surface area contributed by atoms with Crippen LogP contribution in [0.5, 0.6) is 0 Å². The molecule has 3 N–H and O–H groups in total. The number of amides is 2. The molecule has 2 aromatic rings. The van der Waals surface area contributed by atoms with E-state index < -0.39 is 17.6 Å². The van der Waals surface area contributed by atoms with E-state index in [0.29, 0.717) is 0 Å². The van der Waals surface area contributed by atoms with Crippen molar-refractivity contribution in [2.24, 2.45) is 5.73 Å². The summed E-state index contributed by atoms with van der Waals surface area (Å²) in [7, 11) is 0. The fourth-order valence-corrected chi connectivity index (χ4v) is 1.84. The first-order valence-corrected chi connectivity index (χ1v) is 6.30. The molecule has 2 rings (SSSR count). The molecule has 21 heavy (non-hydrogen) atoms. The molecule has 1 heterocycles. The van der Waals surface area contributed by atoms with Gasteiger partial charge in [0.25, 0.3) is 5.91 Å². The molecule has 108 valence electrons. The van der Waals surface area contributed by atoms with Gasteiger partial charge in [-0.1, -0.05) is 17.7 Å². The summed E-state index contributed by atoms with van der Waals surface area (Å²) in [5, 5.41) is 2.65. The Morgan fingerprint density at radius 1 is 1.33 bits per heavy atom. The summed E-state index contributed by atoms with van der Waals surface area (Å²) < 4.78 is 13.7. The van der Waals surface area contributed by atoms with Crippen molar-refractivity contribution < 1.29 is 14.0 Å². The number of carbonyl (C=O) groups is 2. The molecular formula is C14H11ClFN3O2. The van der Waals surface area contributed by atoms with Crippen LogP contribution in [0.2, 0.25) is 5.15 Å². The SMILES string of the molecule is Cc1c(F)cc(C(N)=O)cc1NC(=O)c1cccc(Cl)n1. The lowest BCUT2D eigenvalue weighted by Gasteiger charge is -2.10. The Kier molecular flexibility index (Phi) is 4.18. The Bertz CT molecular complexity index is 734. The lowest BCUT2D eigenvalue weighted by molar-refractivity contribution is 0.0995. The van der Waals surface area contributed by atoms with E-state index in [9.17, 15) is 14.0 Å². The van der Waals surface area contributed by atoms with Gasteiger partial charge in [-0.25, -0.2) is 9.37 Å². The van der Waals surface area contributed by atoms with Gasteiger partial charge in [-0.3, -0.25) is 9.59 Å². The Hall–Kier alpha value is -2.47. The third-order valence-corrected chi connectivity index (χ3v) is 3.04. The average Bonchev–Trinajstić information content (AvgIpc) is 2.43. The zero-order valence-corrected chi connectivity index (χ0v) is 11.7. The van der Waals surface area contributed by atoms with Gasteiger partial charge in [0, 0.05) is 16.8 Å².